The first kappa shape index (κ1) is 11.3. The Bertz CT molecular complexity index is 698. The Balaban J connectivity index is 2.23. The molecule has 3 rings (SSSR count). The van der Waals surface area contributed by atoms with Gasteiger partial charge in [-0.1, -0.05) is 34.1 Å². The number of aromatic nitrogens is 2. The molecule has 1 N–H and O–H groups in total. The van der Waals surface area contributed by atoms with Crippen molar-refractivity contribution in [2.45, 2.75) is 0 Å². The number of rotatable bonds is 1. The van der Waals surface area contributed by atoms with Crippen LogP contribution in [0.3, 0.4) is 0 Å². The maximum Gasteiger partial charge on any atom is 0.161 e. The number of H-pyrrole nitrogens is 1. The number of nitrogens with one attached hydrogen (secondary N) is 1. The molecule has 5 heteroatoms. The van der Waals surface area contributed by atoms with Gasteiger partial charge in [-0.3, -0.25) is 0 Å². The molecule has 1 aromatic heterocycles. The third-order valence-electron chi connectivity index (χ3n) is 2.65. The molecule has 1 heterocycles. The van der Waals surface area contributed by atoms with Gasteiger partial charge in [0.1, 0.15) is 5.82 Å². The van der Waals surface area contributed by atoms with Crippen molar-refractivity contribution in [1.82, 2.24) is 9.97 Å². The summed E-state index contributed by atoms with van der Waals surface area (Å²) in [5.74, 6) is -1.21. The summed E-state index contributed by atoms with van der Waals surface area (Å²) in [5.41, 5.74) is 1.72. The van der Waals surface area contributed by atoms with Gasteiger partial charge in [-0.25, -0.2) is 13.8 Å². The normalized spacial score (nSPS) is 11.1. The number of nitrogens with zero attached hydrogens (tertiary/aromatic N) is 1. The highest BCUT2D eigenvalue weighted by atomic mass is 79.9. The Hall–Kier alpha value is -1.75. The third kappa shape index (κ3) is 1.80. The van der Waals surface area contributed by atoms with Crippen LogP contribution in [-0.2, 0) is 0 Å². The second-order valence-corrected chi connectivity index (χ2v) is 4.70. The zero-order valence-electron chi connectivity index (χ0n) is 9.05. The SMILES string of the molecule is Fc1cc2nc(-c3ccccc3Br)[nH]c2cc1F. The predicted octanol–water partition coefficient (Wildman–Crippen LogP) is 4.27. The largest absolute Gasteiger partial charge is 0.338 e. The van der Waals surface area contributed by atoms with Gasteiger partial charge < -0.3 is 4.98 Å². The Morgan fingerprint density at radius 3 is 2.56 bits per heavy atom. The fraction of sp³-hybridized carbons (Fsp3) is 0. The van der Waals surface area contributed by atoms with Crippen LogP contribution in [0.4, 0.5) is 8.78 Å². The van der Waals surface area contributed by atoms with E-state index in [-0.39, 0.29) is 0 Å². The van der Waals surface area contributed by atoms with Crippen molar-refractivity contribution in [3.05, 3.63) is 52.5 Å². The molecule has 0 aliphatic carbocycles. The molecule has 0 atom stereocenters. The first-order chi connectivity index (χ1) is 8.65. The van der Waals surface area contributed by atoms with Crippen LogP contribution >= 0.6 is 15.9 Å². The topological polar surface area (TPSA) is 28.7 Å². The van der Waals surface area contributed by atoms with Crippen LogP contribution in [0.1, 0.15) is 0 Å². The summed E-state index contributed by atoms with van der Waals surface area (Å²) < 4.78 is 27.1. The fourth-order valence-corrected chi connectivity index (χ4v) is 2.26. The van der Waals surface area contributed by atoms with E-state index in [1.165, 1.54) is 0 Å². The van der Waals surface area contributed by atoms with Gasteiger partial charge in [0.05, 0.1) is 11.0 Å². The van der Waals surface area contributed by atoms with E-state index in [0.717, 1.165) is 22.2 Å². The molecule has 3 aromatic rings. The number of fused-ring (bicyclic) bond motifs is 1. The third-order valence-corrected chi connectivity index (χ3v) is 3.34. The second kappa shape index (κ2) is 4.17. The number of hydrogen-bond acceptors (Lipinski definition) is 1. The number of hydrogen-bond donors (Lipinski definition) is 1. The lowest BCUT2D eigenvalue weighted by Gasteiger charge is -1.98. The fourth-order valence-electron chi connectivity index (χ4n) is 1.79. The molecule has 0 aliphatic heterocycles. The van der Waals surface area contributed by atoms with Crippen LogP contribution in [0, 0.1) is 11.6 Å². The Morgan fingerprint density at radius 1 is 1.06 bits per heavy atom. The molecule has 0 spiro atoms. The zero-order valence-corrected chi connectivity index (χ0v) is 10.6. The van der Waals surface area contributed by atoms with Crippen molar-refractivity contribution in [2.75, 3.05) is 0 Å². The molecule has 0 aliphatic rings. The van der Waals surface area contributed by atoms with Crippen molar-refractivity contribution in [2.24, 2.45) is 0 Å². The van der Waals surface area contributed by atoms with Crippen LogP contribution < -0.4 is 0 Å². The van der Waals surface area contributed by atoms with Crippen LogP contribution in [0.5, 0.6) is 0 Å². The van der Waals surface area contributed by atoms with Gasteiger partial charge in [-0.15, -0.1) is 0 Å². The highest BCUT2D eigenvalue weighted by Gasteiger charge is 2.11. The second-order valence-electron chi connectivity index (χ2n) is 3.85. The molecule has 2 nitrogen and oxygen atoms in total. The zero-order chi connectivity index (χ0) is 12.7. The molecule has 0 fully saturated rings. The van der Waals surface area contributed by atoms with E-state index in [9.17, 15) is 8.78 Å². The lowest BCUT2D eigenvalue weighted by atomic mass is 10.2. The number of halogens is 3. The summed E-state index contributed by atoms with van der Waals surface area (Å²) in [7, 11) is 0. The minimum atomic E-state index is -0.896. The van der Waals surface area contributed by atoms with E-state index < -0.39 is 11.6 Å². The summed E-state index contributed by atoms with van der Waals surface area (Å²) in [6.45, 7) is 0. The minimum Gasteiger partial charge on any atom is -0.338 e. The summed E-state index contributed by atoms with van der Waals surface area (Å²) >= 11 is 3.41. The van der Waals surface area contributed by atoms with Gasteiger partial charge in [0, 0.05) is 22.2 Å². The predicted molar refractivity (Wildman–Crippen MR) is 69.1 cm³/mol. The molecule has 0 saturated heterocycles. The van der Waals surface area contributed by atoms with Crippen molar-refractivity contribution in [3.8, 4) is 11.4 Å². The lowest BCUT2D eigenvalue weighted by molar-refractivity contribution is 0.510. The average Bonchev–Trinajstić information content (AvgIpc) is 2.73. The van der Waals surface area contributed by atoms with Gasteiger partial charge >= 0.3 is 0 Å². The molecule has 0 bridgehead atoms. The standard InChI is InChI=1S/C13H7BrF2N2/c14-8-4-2-1-3-7(8)13-17-11-5-9(15)10(16)6-12(11)18-13/h1-6H,(H,17,18). The molecular weight excluding hydrogens is 302 g/mol. The van der Waals surface area contributed by atoms with E-state index in [2.05, 4.69) is 25.9 Å². The van der Waals surface area contributed by atoms with E-state index >= 15 is 0 Å². The lowest BCUT2D eigenvalue weighted by Crippen LogP contribution is -1.82. The molecule has 0 radical (unpaired) electrons. The first-order valence-corrected chi connectivity index (χ1v) is 6.04. The summed E-state index contributed by atoms with van der Waals surface area (Å²) in [4.78, 5) is 7.23. The minimum absolute atomic E-state index is 0.402. The molecule has 2 aromatic carbocycles. The van der Waals surface area contributed by atoms with Crippen molar-refractivity contribution >= 4 is 27.0 Å². The van der Waals surface area contributed by atoms with Crippen molar-refractivity contribution in [1.29, 1.82) is 0 Å². The van der Waals surface area contributed by atoms with Gasteiger partial charge in [-0.2, -0.15) is 0 Å². The summed E-state index contributed by atoms with van der Waals surface area (Å²) in [5, 5.41) is 0. The first-order valence-electron chi connectivity index (χ1n) is 5.25. The monoisotopic (exact) mass is 308 g/mol. The van der Waals surface area contributed by atoms with Gasteiger partial charge in [-0.05, 0) is 6.07 Å². The maximum absolute atomic E-state index is 13.1. The summed E-state index contributed by atoms with van der Waals surface area (Å²) in [6.07, 6.45) is 0. The van der Waals surface area contributed by atoms with Gasteiger partial charge in [0.15, 0.2) is 11.6 Å². The Labute approximate surface area is 110 Å². The molecule has 18 heavy (non-hydrogen) atoms. The molecule has 0 amide bonds. The molecule has 90 valence electrons. The van der Waals surface area contributed by atoms with Crippen LogP contribution in [-0.4, -0.2) is 9.97 Å². The van der Waals surface area contributed by atoms with E-state index in [1.54, 1.807) is 0 Å². The van der Waals surface area contributed by atoms with Crippen LogP contribution in [0.15, 0.2) is 40.9 Å². The highest BCUT2D eigenvalue weighted by molar-refractivity contribution is 9.10. The van der Waals surface area contributed by atoms with Gasteiger partial charge in [0.25, 0.3) is 0 Å². The van der Waals surface area contributed by atoms with E-state index in [1.807, 2.05) is 24.3 Å². The summed E-state index contributed by atoms with van der Waals surface area (Å²) in [6, 6.07) is 9.70. The number of aromatic amines is 1. The Morgan fingerprint density at radius 2 is 1.78 bits per heavy atom. The smallest absolute Gasteiger partial charge is 0.161 e. The number of benzene rings is 2. The van der Waals surface area contributed by atoms with Crippen molar-refractivity contribution < 1.29 is 8.78 Å². The van der Waals surface area contributed by atoms with E-state index in [4.69, 9.17) is 0 Å². The molecular formula is C13H7BrF2N2. The van der Waals surface area contributed by atoms with Gasteiger partial charge in [0.2, 0.25) is 0 Å². The van der Waals surface area contributed by atoms with Crippen LogP contribution in [0.25, 0.3) is 22.4 Å². The molecule has 0 saturated carbocycles. The maximum atomic E-state index is 13.1. The molecule has 0 unspecified atom stereocenters. The highest BCUT2D eigenvalue weighted by Crippen LogP contribution is 2.28. The van der Waals surface area contributed by atoms with E-state index in [0.29, 0.717) is 16.9 Å². The van der Waals surface area contributed by atoms with Crippen LogP contribution in [0.2, 0.25) is 0 Å². The quantitative estimate of drug-likeness (QED) is 0.714. The number of imidazole rings is 1. The Kier molecular flexibility index (Phi) is 2.63. The van der Waals surface area contributed by atoms with Crippen molar-refractivity contribution in [3.63, 3.8) is 0 Å². The average molecular weight is 309 g/mol.